The average Bonchev–Trinajstić information content (AvgIpc) is 1.84. The lowest BCUT2D eigenvalue weighted by Crippen LogP contribution is -2.49. The molecule has 66 valence electrons. The molecule has 0 amide bonds. The summed E-state index contributed by atoms with van der Waals surface area (Å²) in [5.74, 6) is -0.918. The number of β-amino-alcohol motifs (C(OH)–C–C–N with tert-alkyl or cyclic N) is 1. The van der Waals surface area contributed by atoms with E-state index in [1.54, 1.807) is 20.8 Å². The van der Waals surface area contributed by atoms with Crippen molar-refractivity contribution in [3.05, 3.63) is 0 Å². The molecule has 0 fully saturated rings. The van der Waals surface area contributed by atoms with Crippen molar-refractivity contribution in [1.82, 2.24) is 5.32 Å². The fourth-order valence-corrected chi connectivity index (χ4v) is 0.478. The Morgan fingerprint density at radius 2 is 2.09 bits per heavy atom. The van der Waals surface area contributed by atoms with Crippen LogP contribution in [0.3, 0.4) is 0 Å². The third-order valence-corrected chi connectivity index (χ3v) is 1.37. The molecule has 0 saturated carbocycles. The summed E-state index contributed by atoms with van der Waals surface area (Å²) in [7, 11) is 0. The van der Waals surface area contributed by atoms with Crippen LogP contribution in [0, 0.1) is 0 Å². The second-order valence-electron chi connectivity index (χ2n) is 3.16. The van der Waals surface area contributed by atoms with Gasteiger partial charge in [0.1, 0.15) is 5.54 Å². The van der Waals surface area contributed by atoms with Crippen LogP contribution in [0.1, 0.15) is 20.8 Å². The number of rotatable bonds is 4. The molecule has 11 heavy (non-hydrogen) atoms. The normalized spacial score (nSPS) is 14.5. The predicted molar refractivity (Wildman–Crippen MR) is 41.4 cm³/mol. The zero-order valence-corrected chi connectivity index (χ0v) is 7.09. The molecule has 0 heterocycles. The maximum atomic E-state index is 10.5. The minimum absolute atomic E-state index is 0.291. The van der Waals surface area contributed by atoms with E-state index in [0.717, 1.165) is 0 Å². The van der Waals surface area contributed by atoms with Gasteiger partial charge in [-0.15, -0.1) is 0 Å². The van der Waals surface area contributed by atoms with Gasteiger partial charge in [-0.25, -0.2) is 0 Å². The van der Waals surface area contributed by atoms with Crippen molar-refractivity contribution in [2.75, 3.05) is 6.54 Å². The van der Waals surface area contributed by atoms with E-state index in [2.05, 4.69) is 5.32 Å². The van der Waals surface area contributed by atoms with E-state index in [1.165, 1.54) is 0 Å². The summed E-state index contributed by atoms with van der Waals surface area (Å²) >= 11 is 0. The first-order chi connectivity index (χ1) is 4.86. The minimum atomic E-state index is -0.961. The maximum absolute atomic E-state index is 10.5. The van der Waals surface area contributed by atoms with Gasteiger partial charge >= 0.3 is 5.97 Å². The van der Waals surface area contributed by atoms with Crippen LogP contribution in [-0.2, 0) is 4.79 Å². The number of carboxylic acids is 1. The number of nitrogens with one attached hydrogen (secondary N) is 1. The molecule has 4 nitrogen and oxygen atoms in total. The predicted octanol–water partition coefficient (Wildman–Crippen LogP) is -0.180. The average molecular weight is 161 g/mol. The van der Waals surface area contributed by atoms with Crippen LogP contribution in [0.25, 0.3) is 0 Å². The van der Waals surface area contributed by atoms with E-state index in [4.69, 9.17) is 10.2 Å². The first-order valence-corrected chi connectivity index (χ1v) is 3.53. The zero-order chi connectivity index (χ0) is 9.07. The molecule has 0 saturated heterocycles. The Hall–Kier alpha value is -0.610. The highest BCUT2D eigenvalue weighted by atomic mass is 16.4. The molecule has 0 radical (unpaired) electrons. The first-order valence-electron chi connectivity index (χ1n) is 3.53. The van der Waals surface area contributed by atoms with Crippen molar-refractivity contribution in [3.8, 4) is 0 Å². The first kappa shape index (κ1) is 10.4. The van der Waals surface area contributed by atoms with Crippen molar-refractivity contribution in [3.63, 3.8) is 0 Å². The molecule has 4 heteroatoms. The summed E-state index contributed by atoms with van der Waals surface area (Å²) in [5.41, 5.74) is -0.961. The van der Waals surface area contributed by atoms with E-state index in [1.807, 2.05) is 0 Å². The molecule has 1 atom stereocenters. The Kier molecular flexibility index (Phi) is 3.48. The van der Waals surface area contributed by atoms with Crippen LogP contribution in [-0.4, -0.2) is 34.4 Å². The van der Waals surface area contributed by atoms with E-state index >= 15 is 0 Å². The maximum Gasteiger partial charge on any atom is 0.323 e. The molecule has 0 aromatic rings. The molecular formula is C7H15NO3. The molecule has 0 rings (SSSR count). The van der Waals surface area contributed by atoms with Gasteiger partial charge in [0, 0.05) is 6.54 Å². The quantitative estimate of drug-likeness (QED) is 0.535. The number of aliphatic carboxylic acids is 1. The fraction of sp³-hybridized carbons (Fsp3) is 0.857. The van der Waals surface area contributed by atoms with Gasteiger partial charge in [-0.05, 0) is 20.8 Å². The van der Waals surface area contributed by atoms with E-state index < -0.39 is 17.6 Å². The van der Waals surface area contributed by atoms with Crippen LogP contribution in [0.5, 0.6) is 0 Å². The molecule has 0 aromatic carbocycles. The Labute approximate surface area is 66.2 Å². The van der Waals surface area contributed by atoms with Crippen LogP contribution in [0.2, 0.25) is 0 Å². The summed E-state index contributed by atoms with van der Waals surface area (Å²) in [6.45, 7) is 5.00. The van der Waals surface area contributed by atoms with E-state index in [0.29, 0.717) is 6.54 Å². The van der Waals surface area contributed by atoms with E-state index in [9.17, 15) is 4.79 Å². The SMILES string of the molecule is CC(O)CNC(C)(C)C(=O)O. The third-order valence-electron chi connectivity index (χ3n) is 1.37. The highest BCUT2D eigenvalue weighted by Gasteiger charge is 2.26. The molecule has 0 spiro atoms. The summed E-state index contributed by atoms with van der Waals surface area (Å²) in [4.78, 5) is 10.5. The number of hydrogen-bond donors (Lipinski definition) is 3. The number of carboxylic acid groups (broad SMARTS) is 1. The van der Waals surface area contributed by atoms with Crippen LogP contribution in [0.4, 0.5) is 0 Å². The van der Waals surface area contributed by atoms with Gasteiger partial charge in [0.05, 0.1) is 6.10 Å². The Morgan fingerprint density at radius 3 is 2.36 bits per heavy atom. The van der Waals surface area contributed by atoms with Crippen LogP contribution in [0.15, 0.2) is 0 Å². The van der Waals surface area contributed by atoms with Gasteiger partial charge in [0.15, 0.2) is 0 Å². The monoisotopic (exact) mass is 161 g/mol. The summed E-state index contributed by atoms with van der Waals surface area (Å²) in [5, 5.41) is 20.2. The van der Waals surface area contributed by atoms with Crippen molar-refractivity contribution < 1.29 is 15.0 Å². The zero-order valence-electron chi connectivity index (χ0n) is 7.09. The molecule has 1 unspecified atom stereocenters. The topological polar surface area (TPSA) is 69.6 Å². The molecule has 0 aliphatic rings. The van der Waals surface area contributed by atoms with E-state index in [-0.39, 0.29) is 0 Å². The minimum Gasteiger partial charge on any atom is -0.480 e. The third kappa shape index (κ3) is 3.95. The summed E-state index contributed by atoms with van der Waals surface area (Å²) in [6.07, 6.45) is -0.520. The van der Waals surface area contributed by atoms with Crippen molar-refractivity contribution in [2.45, 2.75) is 32.4 Å². The van der Waals surface area contributed by atoms with Gasteiger partial charge in [-0.1, -0.05) is 0 Å². The fourth-order valence-electron chi connectivity index (χ4n) is 0.478. The Balaban J connectivity index is 3.83. The lowest BCUT2D eigenvalue weighted by Gasteiger charge is -2.21. The lowest BCUT2D eigenvalue weighted by atomic mass is 10.1. The molecule has 0 bridgehead atoms. The Morgan fingerprint density at radius 1 is 1.64 bits per heavy atom. The van der Waals surface area contributed by atoms with Gasteiger partial charge in [-0.3, -0.25) is 10.1 Å². The number of aliphatic hydroxyl groups excluding tert-OH is 1. The standard InChI is InChI=1S/C7H15NO3/c1-5(9)4-8-7(2,3)6(10)11/h5,8-9H,4H2,1-3H3,(H,10,11). The molecular weight excluding hydrogens is 146 g/mol. The number of hydrogen-bond acceptors (Lipinski definition) is 3. The second kappa shape index (κ2) is 3.69. The molecule has 0 aromatic heterocycles. The van der Waals surface area contributed by atoms with Crippen LogP contribution >= 0.6 is 0 Å². The number of carbonyl (C=O) groups is 1. The van der Waals surface area contributed by atoms with Gasteiger partial charge in [0.2, 0.25) is 0 Å². The summed E-state index contributed by atoms with van der Waals surface area (Å²) in [6, 6.07) is 0. The smallest absolute Gasteiger partial charge is 0.323 e. The van der Waals surface area contributed by atoms with Gasteiger partial charge in [-0.2, -0.15) is 0 Å². The van der Waals surface area contributed by atoms with Crippen molar-refractivity contribution in [2.24, 2.45) is 0 Å². The number of aliphatic hydroxyl groups is 1. The Bertz CT molecular complexity index is 143. The lowest BCUT2D eigenvalue weighted by molar-refractivity contribution is -0.143. The van der Waals surface area contributed by atoms with Crippen molar-refractivity contribution in [1.29, 1.82) is 0 Å². The highest BCUT2D eigenvalue weighted by molar-refractivity contribution is 5.77. The largest absolute Gasteiger partial charge is 0.480 e. The second-order valence-corrected chi connectivity index (χ2v) is 3.16. The molecule has 0 aliphatic carbocycles. The highest BCUT2D eigenvalue weighted by Crippen LogP contribution is 2.00. The van der Waals surface area contributed by atoms with Gasteiger partial charge in [0.25, 0.3) is 0 Å². The van der Waals surface area contributed by atoms with Crippen LogP contribution < -0.4 is 5.32 Å². The van der Waals surface area contributed by atoms with Gasteiger partial charge < -0.3 is 10.2 Å². The molecule has 3 N–H and O–H groups in total. The molecule has 0 aliphatic heterocycles. The van der Waals surface area contributed by atoms with Crippen molar-refractivity contribution >= 4 is 5.97 Å². The summed E-state index contributed by atoms with van der Waals surface area (Å²) < 4.78 is 0.